The number of piperazine rings is 1. The van der Waals surface area contributed by atoms with E-state index in [4.69, 9.17) is 4.98 Å². The Hall–Kier alpha value is -1.62. The highest BCUT2D eigenvalue weighted by Crippen LogP contribution is 2.33. The minimum atomic E-state index is 0.368. The van der Waals surface area contributed by atoms with Gasteiger partial charge in [-0.3, -0.25) is 4.79 Å². The van der Waals surface area contributed by atoms with Crippen molar-refractivity contribution in [1.29, 1.82) is 0 Å². The van der Waals surface area contributed by atoms with E-state index in [0.717, 1.165) is 43.2 Å². The van der Waals surface area contributed by atoms with E-state index < -0.39 is 0 Å². The van der Waals surface area contributed by atoms with Gasteiger partial charge >= 0.3 is 0 Å². The third kappa shape index (κ3) is 3.59. The van der Waals surface area contributed by atoms with Crippen LogP contribution in [0.3, 0.4) is 0 Å². The van der Waals surface area contributed by atoms with E-state index in [1.54, 1.807) is 11.3 Å². The molecule has 1 amide bonds. The molecule has 2 aromatic rings. The van der Waals surface area contributed by atoms with Gasteiger partial charge in [0.2, 0.25) is 5.91 Å². The Labute approximate surface area is 160 Å². The van der Waals surface area contributed by atoms with E-state index in [1.165, 1.54) is 47.9 Å². The third-order valence-electron chi connectivity index (χ3n) is 6.02. The molecule has 1 saturated heterocycles. The highest BCUT2D eigenvalue weighted by molar-refractivity contribution is 7.22. The minimum Gasteiger partial charge on any atom is -0.345 e. The molecule has 0 spiro atoms. The topological polar surface area (TPSA) is 36.4 Å². The standard InChI is InChI=1S/C21H29N3OS/c1-15-8-9-16(2)20-19(15)22-21(26-20)24-12-10-23(11-13-24)18(25)14-17-6-4-3-5-7-17/h8-9,17H,3-7,10-14H2,1-2H3. The van der Waals surface area contributed by atoms with Crippen molar-refractivity contribution in [2.45, 2.75) is 52.4 Å². The fraction of sp³-hybridized carbons (Fsp3) is 0.619. The zero-order chi connectivity index (χ0) is 18.1. The summed E-state index contributed by atoms with van der Waals surface area (Å²) in [5.74, 6) is 0.997. The molecule has 4 rings (SSSR count). The SMILES string of the molecule is Cc1ccc(C)c2sc(N3CCN(C(=O)CC4CCCCC4)CC3)nc12. The number of rotatable bonds is 3. The molecular weight excluding hydrogens is 342 g/mol. The van der Waals surface area contributed by atoms with Gasteiger partial charge in [-0.1, -0.05) is 42.7 Å². The number of hydrogen-bond acceptors (Lipinski definition) is 4. The van der Waals surface area contributed by atoms with E-state index in [2.05, 4.69) is 35.8 Å². The van der Waals surface area contributed by atoms with E-state index in [0.29, 0.717) is 11.8 Å². The summed E-state index contributed by atoms with van der Waals surface area (Å²) in [6.45, 7) is 7.75. The minimum absolute atomic E-state index is 0.368. The lowest BCUT2D eigenvalue weighted by Crippen LogP contribution is -2.49. The predicted molar refractivity (Wildman–Crippen MR) is 109 cm³/mol. The molecule has 0 bridgehead atoms. The lowest BCUT2D eigenvalue weighted by molar-refractivity contribution is -0.132. The molecule has 1 aliphatic carbocycles. The molecule has 2 heterocycles. The van der Waals surface area contributed by atoms with Gasteiger partial charge in [-0.15, -0.1) is 0 Å². The van der Waals surface area contributed by atoms with E-state index in [1.807, 2.05) is 0 Å². The van der Waals surface area contributed by atoms with Gasteiger partial charge in [0.05, 0.1) is 10.2 Å². The first-order chi connectivity index (χ1) is 12.6. The molecule has 1 aromatic heterocycles. The lowest BCUT2D eigenvalue weighted by Gasteiger charge is -2.35. The van der Waals surface area contributed by atoms with Crippen molar-refractivity contribution in [1.82, 2.24) is 9.88 Å². The smallest absolute Gasteiger partial charge is 0.222 e. The number of hydrogen-bond donors (Lipinski definition) is 0. The fourth-order valence-electron chi connectivity index (χ4n) is 4.30. The second-order valence-corrected chi connectivity index (χ2v) is 8.93. The van der Waals surface area contributed by atoms with Gasteiger partial charge in [0, 0.05) is 32.6 Å². The molecule has 0 N–H and O–H groups in total. The molecule has 1 aromatic carbocycles. The van der Waals surface area contributed by atoms with Crippen molar-refractivity contribution in [3.05, 3.63) is 23.3 Å². The van der Waals surface area contributed by atoms with Crippen LogP contribution in [-0.2, 0) is 4.79 Å². The van der Waals surface area contributed by atoms with Crippen molar-refractivity contribution in [2.75, 3.05) is 31.1 Å². The predicted octanol–water partition coefficient (Wildman–Crippen LogP) is 4.53. The summed E-state index contributed by atoms with van der Waals surface area (Å²) < 4.78 is 1.30. The maximum Gasteiger partial charge on any atom is 0.222 e. The number of fused-ring (bicyclic) bond motifs is 1. The average molecular weight is 372 g/mol. The number of nitrogens with zero attached hydrogens (tertiary/aromatic N) is 3. The molecule has 2 fully saturated rings. The zero-order valence-electron chi connectivity index (χ0n) is 16.0. The maximum absolute atomic E-state index is 12.6. The number of thiazole rings is 1. The van der Waals surface area contributed by atoms with Gasteiger partial charge in [-0.05, 0) is 43.7 Å². The Bertz CT molecular complexity index is 747. The molecular formula is C21H29N3OS. The summed E-state index contributed by atoms with van der Waals surface area (Å²) in [6.07, 6.45) is 7.22. The fourth-order valence-corrected chi connectivity index (χ4v) is 5.46. The Morgan fingerprint density at radius 1 is 1.08 bits per heavy atom. The quantitative estimate of drug-likeness (QED) is 0.795. The van der Waals surface area contributed by atoms with Crippen molar-refractivity contribution < 1.29 is 4.79 Å². The monoisotopic (exact) mass is 371 g/mol. The molecule has 140 valence electrons. The van der Waals surface area contributed by atoms with Gasteiger partial charge in [-0.25, -0.2) is 4.98 Å². The number of amides is 1. The van der Waals surface area contributed by atoms with Crippen molar-refractivity contribution in [2.24, 2.45) is 5.92 Å². The first kappa shape index (κ1) is 17.8. The molecule has 4 nitrogen and oxygen atoms in total. The molecule has 26 heavy (non-hydrogen) atoms. The first-order valence-corrected chi connectivity index (χ1v) is 10.8. The largest absolute Gasteiger partial charge is 0.345 e. The van der Waals surface area contributed by atoms with Crippen LogP contribution in [0.25, 0.3) is 10.2 Å². The number of anilines is 1. The second-order valence-electron chi connectivity index (χ2n) is 7.95. The van der Waals surface area contributed by atoms with Crippen LogP contribution in [0.1, 0.15) is 49.7 Å². The summed E-state index contributed by atoms with van der Waals surface area (Å²) in [4.78, 5) is 22.0. The van der Waals surface area contributed by atoms with Crippen LogP contribution in [0, 0.1) is 19.8 Å². The normalized spacial score (nSPS) is 19.3. The average Bonchev–Trinajstić information content (AvgIpc) is 3.13. The molecule has 1 aliphatic heterocycles. The summed E-state index contributed by atoms with van der Waals surface area (Å²) in [7, 11) is 0. The number of aryl methyl sites for hydroxylation is 2. The van der Waals surface area contributed by atoms with Gasteiger partial charge in [0.15, 0.2) is 5.13 Å². The van der Waals surface area contributed by atoms with Crippen LogP contribution in [-0.4, -0.2) is 42.0 Å². The van der Waals surface area contributed by atoms with E-state index in [-0.39, 0.29) is 0 Å². The Balaban J connectivity index is 1.38. The van der Waals surface area contributed by atoms with Crippen LogP contribution in [0.5, 0.6) is 0 Å². The summed E-state index contributed by atoms with van der Waals surface area (Å²) in [5, 5.41) is 1.11. The van der Waals surface area contributed by atoms with Crippen LogP contribution in [0.4, 0.5) is 5.13 Å². The van der Waals surface area contributed by atoms with Crippen LogP contribution >= 0.6 is 11.3 Å². The number of benzene rings is 1. The highest BCUT2D eigenvalue weighted by Gasteiger charge is 2.26. The van der Waals surface area contributed by atoms with Gasteiger partial charge in [-0.2, -0.15) is 0 Å². The Morgan fingerprint density at radius 2 is 1.77 bits per heavy atom. The first-order valence-electron chi connectivity index (χ1n) is 10.0. The van der Waals surface area contributed by atoms with Gasteiger partial charge in [0.25, 0.3) is 0 Å². The molecule has 0 unspecified atom stereocenters. The third-order valence-corrected chi connectivity index (χ3v) is 7.27. The van der Waals surface area contributed by atoms with E-state index in [9.17, 15) is 4.79 Å². The maximum atomic E-state index is 12.6. The molecule has 1 saturated carbocycles. The Morgan fingerprint density at radius 3 is 2.46 bits per heavy atom. The Kier molecular flexibility index (Phi) is 5.16. The number of carbonyl (C=O) groups is 1. The molecule has 0 radical (unpaired) electrons. The van der Waals surface area contributed by atoms with Gasteiger partial charge < -0.3 is 9.80 Å². The summed E-state index contributed by atoms with van der Waals surface area (Å²) >= 11 is 1.79. The summed E-state index contributed by atoms with van der Waals surface area (Å²) in [6, 6.07) is 4.34. The molecule has 0 atom stereocenters. The highest BCUT2D eigenvalue weighted by atomic mass is 32.1. The van der Waals surface area contributed by atoms with Crippen LogP contribution in [0.15, 0.2) is 12.1 Å². The second kappa shape index (κ2) is 7.55. The van der Waals surface area contributed by atoms with Crippen LogP contribution < -0.4 is 4.90 Å². The van der Waals surface area contributed by atoms with Crippen molar-refractivity contribution >= 4 is 32.6 Å². The van der Waals surface area contributed by atoms with Crippen molar-refractivity contribution in [3.8, 4) is 0 Å². The number of carbonyl (C=O) groups excluding carboxylic acids is 1. The molecule has 5 heteroatoms. The zero-order valence-corrected chi connectivity index (χ0v) is 16.8. The van der Waals surface area contributed by atoms with Crippen LogP contribution in [0.2, 0.25) is 0 Å². The van der Waals surface area contributed by atoms with Crippen molar-refractivity contribution in [3.63, 3.8) is 0 Å². The summed E-state index contributed by atoms with van der Waals surface area (Å²) in [5.41, 5.74) is 3.69. The van der Waals surface area contributed by atoms with Gasteiger partial charge in [0.1, 0.15) is 0 Å². The number of aromatic nitrogens is 1. The lowest BCUT2D eigenvalue weighted by atomic mass is 9.86. The molecule has 2 aliphatic rings. The van der Waals surface area contributed by atoms with E-state index >= 15 is 0 Å².